The van der Waals surface area contributed by atoms with E-state index >= 15 is 0 Å². The van der Waals surface area contributed by atoms with Gasteiger partial charge in [-0.2, -0.15) is 0 Å². The Morgan fingerprint density at radius 2 is 1.76 bits per heavy atom. The molecule has 5 heteroatoms. The SMILES string of the molecule is COc1ccc(C(C)C)cc1CN1CCCCCCCN(C(C)=O)c2cc(CO)ccc2C1. The predicted molar refractivity (Wildman–Crippen MR) is 135 cm³/mol. The van der Waals surface area contributed by atoms with Crippen LogP contribution in [0.3, 0.4) is 0 Å². The van der Waals surface area contributed by atoms with Crippen LogP contribution in [0.25, 0.3) is 0 Å². The molecule has 2 aromatic carbocycles. The van der Waals surface area contributed by atoms with Gasteiger partial charge in [-0.15, -0.1) is 0 Å². The third-order valence-corrected chi connectivity index (χ3v) is 6.62. The minimum atomic E-state index is -0.0259. The standard InChI is InChI=1S/C28H40N2O3/c1-21(2)24-12-13-28(33-4)26(17-24)19-29-14-8-6-5-7-9-15-30(22(3)32)27-16-23(20-31)10-11-25(27)18-29/h10-13,16-17,21,31H,5-9,14-15,18-20H2,1-4H3. The van der Waals surface area contributed by atoms with E-state index < -0.39 is 0 Å². The monoisotopic (exact) mass is 452 g/mol. The van der Waals surface area contributed by atoms with Crippen molar-refractivity contribution in [2.45, 2.75) is 78.5 Å². The molecule has 5 nitrogen and oxygen atoms in total. The summed E-state index contributed by atoms with van der Waals surface area (Å²) in [5, 5.41) is 9.72. The van der Waals surface area contributed by atoms with E-state index in [9.17, 15) is 9.90 Å². The number of aliphatic hydroxyl groups is 1. The second kappa shape index (κ2) is 12.2. The molecule has 0 fully saturated rings. The van der Waals surface area contributed by atoms with Gasteiger partial charge in [0.1, 0.15) is 5.75 Å². The van der Waals surface area contributed by atoms with Gasteiger partial charge in [0.15, 0.2) is 0 Å². The van der Waals surface area contributed by atoms with Crippen molar-refractivity contribution in [2.24, 2.45) is 0 Å². The quantitative estimate of drug-likeness (QED) is 0.639. The number of fused-ring (bicyclic) bond motifs is 1. The average Bonchev–Trinajstić information content (AvgIpc) is 2.79. The lowest BCUT2D eigenvalue weighted by molar-refractivity contribution is -0.116. The average molecular weight is 453 g/mol. The van der Waals surface area contributed by atoms with E-state index in [0.29, 0.717) is 5.92 Å². The zero-order chi connectivity index (χ0) is 23.8. The number of benzene rings is 2. The van der Waals surface area contributed by atoms with Crippen molar-refractivity contribution >= 4 is 11.6 Å². The molecule has 1 N–H and O–H groups in total. The Morgan fingerprint density at radius 3 is 2.42 bits per heavy atom. The fourth-order valence-electron chi connectivity index (χ4n) is 4.65. The molecule has 1 aliphatic rings. The Kier molecular flexibility index (Phi) is 9.33. The highest BCUT2D eigenvalue weighted by Crippen LogP contribution is 2.29. The Morgan fingerprint density at radius 1 is 1.03 bits per heavy atom. The summed E-state index contributed by atoms with van der Waals surface area (Å²) in [6, 6.07) is 12.6. The molecule has 0 aliphatic carbocycles. The second-order valence-electron chi connectivity index (χ2n) is 9.50. The van der Waals surface area contributed by atoms with Crippen LogP contribution in [0.5, 0.6) is 5.75 Å². The molecule has 180 valence electrons. The molecule has 3 rings (SSSR count). The summed E-state index contributed by atoms with van der Waals surface area (Å²) in [6.07, 6.45) is 5.69. The van der Waals surface area contributed by atoms with Gasteiger partial charge in [0.2, 0.25) is 5.91 Å². The minimum Gasteiger partial charge on any atom is -0.496 e. The van der Waals surface area contributed by atoms with Gasteiger partial charge in [-0.1, -0.05) is 57.4 Å². The topological polar surface area (TPSA) is 53.0 Å². The largest absolute Gasteiger partial charge is 0.496 e. The molecular weight excluding hydrogens is 412 g/mol. The van der Waals surface area contributed by atoms with Gasteiger partial charge in [-0.25, -0.2) is 0 Å². The smallest absolute Gasteiger partial charge is 0.223 e. The summed E-state index contributed by atoms with van der Waals surface area (Å²) in [7, 11) is 1.74. The first-order chi connectivity index (χ1) is 15.9. The van der Waals surface area contributed by atoms with E-state index in [-0.39, 0.29) is 12.5 Å². The first-order valence-corrected chi connectivity index (χ1v) is 12.3. The molecular formula is C28H40N2O3. The first-order valence-electron chi connectivity index (χ1n) is 12.3. The molecule has 2 aromatic rings. The number of aliphatic hydroxyl groups excluding tert-OH is 1. The molecule has 0 bridgehead atoms. The zero-order valence-corrected chi connectivity index (χ0v) is 20.8. The minimum absolute atomic E-state index is 0.0259. The van der Waals surface area contributed by atoms with Crippen LogP contribution < -0.4 is 9.64 Å². The zero-order valence-electron chi connectivity index (χ0n) is 20.8. The summed E-state index contributed by atoms with van der Waals surface area (Å²) in [5.41, 5.74) is 5.41. The number of methoxy groups -OCH3 is 1. The van der Waals surface area contributed by atoms with Crippen molar-refractivity contribution in [1.82, 2.24) is 4.90 Å². The normalized spacial score (nSPS) is 16.1. The fraction of sp³-hybridized carbons (Fsp3) is 0.536. The Labute approximate surface area is 199 Å². The molecule has 0 atom stereocenters. The van der Waals surface area contributed by atoms with E-state index in [4.69, 9.17) is 4.74 Å². The summed E-state index contributed by atoms with van der Waals surface area (Å²) in [6.45, 7) is 9.31. The highest BCUT2D eigenvalue weighted by molar-refractivity contribution is 5.92. The van der Waals surface area contributed by atoms with Crippen molar-refractivity contribution in [1.29, 1.82) is 0 Å². The third kappa shape index (κ3) is 6.81. The lowest BCUT2D eigenvalue weighted by atomic mass is 9.99. The van der Waals surface area contributed by atoms with Gasteiger partial charge < -0.3 is 14.7 Å². The van der Waals surface area contributed by atoms with Crippen LogP contribution in [-0.2, 0) is 24.5 Å². The molecule has 0 radical (unpaired) electrons. The molecule has 1 aliphatic heterocycles. The van der Waals surface area contributed by atoms with Crippen LogP contribution in [0.2, 0.25) is 0 Å². The molecule has 0 aromatic heterocycles. The van der Waals surface area contributed by atoms with Crippen LogP contribution in [0, 0.1) is 0 Å². The van der Waals surface area contributed by atoms with Crippen molar-refractivity contribution < 1.29 is 14.6 Å². The van der Waals surface area contributed by atoms with Crippen molar-refractivity contribution in [3.8, 4) is 5.75 Å². The molecule has 0 unspecified atom stereocenters. The highest BCUT2D eigenvalue weighted by Gasteiger charge is 2.20. The van der Waals surface area contributed by atoms with Gasteiger partial charge in [0, 0.05) is 37.8 Å². The van der Waals surface area contributed by atoms with Gasteiger partial charge in [-0.05, 0) is 54.1 Å². The van der Waals surface area contributed by atoms with E-state index in [0.717, 1.165) is 68.0 Å². The maximum atomic E-state index is 12.6. The Hall–Kier alpha value is -2.37. The molecule has 0 saturated heterocycles. The van der Waals surface area contributed by atoms with Crippen LogP contribution in [-0.4, -0.2) is 36.1 Å². The number of hydrogen-bond donors (Lipinski definition) is 1. The van der Waals surface area contributed by atoms with Gasteiger partial charge in [0.25, 0.3) is 0 Å². The van der Waals surface area contributed by atoms with E-state index in [1.54, 1.807) is 14.0 Å². The van der Waals surface area contributed by atoms with Crippen LogP contribution in [0.4, 0.5) is 5.69 Å². The molecule has 1 amide bonds. The Balaban J connectivity index is 1.97. The fourth-order valence-corrected chi connectivity index (χ4v) is 4.65. The van der Waals surface area contributed by atoms with Crippen LogP contribution in [0.1, 0.15) is 81.0 Å². The second-order valence-corrected chi connectivity index (χ2v) is 9.50. The first kappa shape index (κ1) is 25.3. The van der Waals surface area contributed by atoms with Crippen LogP contribution in [0.15, 0.2) is 36.4 Å². The summed E-state index contributed by atoms with van der Waals surface area (Å²) >= 11 is 0. The number of hydrogen-bond acceptors (Lipinski definition) is 4. The number of ether oxygens (including phenoxy) is 1. The lowest BCUT2D eigenvalue weighted by Crippen LogP contribution is -2.32. The number of carbonyl (C=O) groups excluding carboxylic acids is 1. The van der Waals surface area contributed by atoms with Crippen molar-refractivity contribution in [3.63, 3.8) is 0 Å². The Bertz CT molecular complexity index is 925. The van der Waals surface area contributed by atoms with E-state index in [1.807, 2.05) is 17.0 Å². The van der Waals surface area contributed by atoms with Gasteiger partial charge in [0.05, 0.1) is 13.7 Å². The summed E-state index contributed by atoms with van der Waals surface area (Å²) < 4.78 is 5.70. The number of carbonyl (C=O) groups is 1. The van der Waals surface area contributed by atoms with Crippen molar-refractivity contribution in [2.75, 3.05) is 25.1 Å². The van der Waals surface area contributed by atoms with Crippen molar-refractivity contribution in [3.05, 3.63) is 58.7 Å². The van der Waals surface area contributed by atoms with Gasteiger partial charge in [-0.3, -0.25) is 9.69 Å². The van der Waals surface area contributed by atoms with Crippen LogP contribution >= 0.6 is 0 Å². The molecule has 1 heterocycles. The molecule has 33 heavy (non-hydrogen) atoms. The highest BCUT2D eigenvalue weighted by atomic mass is 16.5. The predicted octanol–water partition coefficient (Wildman–Crippen LogP) is 5.63. The molecule has 0 saturated carbocycles. The molecule has 0 spiro atoms. The summed E-state index contributed by atoms with van der Waals surface area (Å²) in [5.74, 6) is 1.44. The van der Waals surface area contributed by atoms with E-state index in [1.165, 1.54) is 24.0 Å². The summed E-state index contributed by atoms with van der Waals surface area (Å²) in [4.78, 5) is 16.9. The lowest BCUT2D eigenvalue weighted by Gasteiger charge is -2.29. The number of anilines is 1. The van der Waals surface area contributed by atoms with Gasteiger partial charge >= 0.3 is 0 Å². The maximum absolute atomic E-state index is 12.6. The number of rotatable bonds is 5. The third-order valence-electron chi connectivity index (χ3n) is 6.62. The number of nitrogens with zero attached hydrogens (tertiary/aromatic N) is 2. The van der Waals surface area contributed by atoms with E-state index in [2.05, 4.69) is 43.0 Å². The maximum Gasteiger partial charge on any atom is 0.223 e. The number of amides is 1.